The van der Waals surface area contributed by atoms with Gasteiger partial charge in [0.15, 0.2) is 0 Å². The number of aryl methyl sites for hydroxylation is 1. The molecule has 2 aromatic rings. The van der Waals surface area contributed by atoms with E-state index in [1.807, 2.05) is 19.1 Å². The Kier molecular flexibility index (Phi) is 7.77. The molecular formula is C25H35N5O3. The third-order valence-corrected chi connectivity index (χ3v) is 6.97. The van der Waals surface area contributed by atoms with Crippen molar-refractivity contribution < 1.29 is 9.53 Å². The van der Waals surface area contributed by atoms with Gasteiger partial charge in [-0.1, -0.05) is 13.0 Å². The number of piperidine rings is 1. The van der Waals surface area contributed by atoms with Crippen molar-refractivity contribution in [2.24, 2.45) is 0 Å². The molecule has 2 N–H and O–H groups in total. The van der Waals surface area contributed by atoms with E-state index in [1.165, 1.54) is 0 Å². The highest BCUT2D eigenvalue weighted by atomic mass is 16.5. The normalized spacial score (nSPS) is 19.7. The number of carbonyl (C=O) groups excluding carboxylic acids is 1. The predicted octanol–water partition coefficient (Wildman–Crippen LogP) is 2.17. The van der Waals surface area contributed by atoms with Crippen LogP contribution in [0.3, 0.4) is 0 Å². The van der Waals surface area contributed by atoms with E-state index in [2.05, 4.69) is 31.2 Å². The number of carbonyl (C=O) groups is 1. The van der Waals surface area contributed by atoms with Crippen LogP contribution in [0.25, 0.3) is 0 Å². The molecule has 2 aromatic heterocycles. The number of likely N-dealkylation sites (tertiary alicyclic amines) is 1. The second-order valence-corrected chi connectivity index (χ2v) is 8.97. The summed E-state index contributed by atoms with van der Waals surface area (Å²) in [6.45, 7) is 7.04. The van der Waals surface area contributed by atoms with E-state index in [1.54, 1.807) is 19.4 Å². The number of rotatable bonds is 8. The Morgan fingerprint density at radius 1 is 1.18 bits per heavy atom. The number of pyridine rings is 2. The first kappa shape index (κ1) is 23.4. The first-order chi connectivity index (χ1) is 16.1. The lowest BCUT2D eigenvalue weighted by molar-refractivity contribution is 0.0932. The highest BCUT2D eigenvalue weighted by Gasteiger charge is 2.32. The van der Waals surface area contributed by atoms with Crippen molar-refractivity contribution in [3.63, 3.8) is 0 Å². The summed E-state index contributed by atoms with van der Waals surface area (Å²) < 4.78 is 4.95. The largest absolute Gasteiger partial charge is 0.383 e. The smallest absolute Gasteiger partial charge is 0.269 e. The standard InChI is InChI=1S/C25H35N5O3/c1-3-18-4-6-22(28-24(18)31)19-8-12-30(17-19)20-9-13-29(14-10-20)21-5-7-23(27-16-21)25(32)26-11-15-33-2/h4-7,16,19-20H,3,8-15,17H2,1-2H3,(H,26,32)(H,28,31). The van der Waals surface area contributed by atoms with Crippen molar-refractivity contribution >= 4 is 11.6 Å². The third kappa shape index (κ3) is 5.62. The van der Waals surface area contributed by atoms with E-state index >= 15 is 0 Å². The monoisotopic (exact) mass is 453 g/mol. The zero-order chi connectivity index (χ0) is 23.2. The van der Waals surface area contributed by atoms with Gasteiger partial charge >= 0.3 is 0 Å². The van der Waals surface area contributed by atoms with E-state index in [9.17, 15) is 9.59 Å². The minimum absolute atomic E-state index is 0.0637. The van der Waals surface area contributed by atoms with Crippen LogP contribution in [0.1, 0.15) is 53.8 Å². The topological polar surface area (TPSA) is 90.6 Å². The van der Waals surface area contributed by atoms with Crippen LogP contribution in [0, 0.1) is 0 Å². The van der Waals surface area contributed by atoms with Crippen LogP contribution in [0.15, 0.2) is 35.3 Å². The molecule has 0 spiro atoms. The van der Waals surface area contributed by atoms with Crippen LogP contribution in [0.5, 0.6) is 0 Å². The molecule has 0 aromatic carbocycles. The van der Waals surface area contributed by atoms with Crippen LogP contribution < -0.4 is 15.8 Å². The number of hydrogen-bond donors (Lipinski definition) is 2. The zero-order valence-electron chi connectivity index (χ0n) is 19.7. The molecule has 0 aliphatic carbocycles. The molecule has 2 aliphatic rings. The van der Waals surface area contributed by atoms with Crippen LogP contribution >= 0.6 is 0 Å². The fourth-order valence-electron chi connectivity index (χ4n) is 4.96. The van der Waals surface area contributed by atoms with Gasteiger partial charge < -0.3 is 19.9 Å². The Balaban J connectivity index is 1.27. The third-order valence-electron chi connectivity index (χ3n) is 6.97. The first-order valence-corrected chi connectivity index (χ1v) is 12.0. The van der Waals surface area contributed by atoms with E-state index in [4.69, 9.17) is 4.74 Å². The van der Waals surface area contributed by atoms with Gasteiger partial charge in [-0.3, -0.25) is 14.5 Å². The lowest BCUT2D eigenvalue weighted by atomic mass is 10.0. The molecule has 33 heavy (non-hydrogen) atoms. The minimum atomic E-state index is -0.174. The summed E-state index contributed by atoms with van der Waals surface area (Å²) >= 11 is 0. The van der Waals surface area contributed by atoms with E-state index in [-0.39, 0.29) is 11.5 Å². The molecule has 1 unspecified atom stereocenters. The highest BCUT2D eigenvalue weighted by molar-refractivity contribution is 5.92. The lowest BCUT2D eigenvalue weighted by Gasteiger charge is -2.37. The molecule has 0 saturated carbocycles. The fraction of sp³-hybridized carbons (Fsp3) is 0.560. The van der Waals surface area contributed by atoms with E-state index in [0.29, 0.717) is 30.8 Å². The maximum atomic E-state index is 12.2. The van der Waals surface area contributed by atoms with Crippen LogP contribution in [0.4, 0.5) is 5.69 Å². The molecule has 2 fully saturated rings. The summed E-state index contributed by atoms with van der Waals surface area (Å²) in [5.41, 5.74) is 3.49. The minimum Gasteiger partial charge on any atom is -0.383 e. The summed E-state index contributed by atoms with van der Waals surface area (Å²) in [7, 11) is 1.61. The number of methoxy groups -OCH3 is 1. The molecule has 178 valence electrons. The Bertz CT molecular complexity index is 982. The zero-order valence-corrected chi connectivity index (χ0v) is 19.7. The van der Waals surface area contributed by atoms with E-state index in [0.717, 1.165) is 68.8 Å². The first-order valence-electron chi connectivity index (χ1n) is 12.0. The van der Waals surface area contributed by atoms with Crippen molar-refractivity contribution in [1.82, 2.24) is 20.2 Å². The average Bonchev–Trinajstić information content (AvgIpc) is 3.35. The second kappa shape index (κ2) is 10.9. The Hall–Kier alpha value is -2.71. The molecule has 0 bridgehead atoms. The Labute approximate surface area is 195 Å². The molecule has 0 radical (unpaired) electrons. The summed E-state index contributed by atoms with van der Waals surface area (Å²) in [4.78, 5) is 36.7. The van der Waals surface area contributed by atoms with Gasteiger partial charge in [-0.15, -0.1) is 0 Å². The maximum Gasteiger partial charge on any atom is 0.269 e. The maximum absolute atomic E-state index is 12.2. The van der Waals surface area contributed by atoms with Gasteiger partial charge in [-0.25, -0.2) is 4.98 Å². The quantitative estimate of drug-likeness (QED) is 0.596. The molecular weight excluding hydrogens is 418 g/mol. The average molecular weight is 454 g/mol. The number of ether oxygens (including phenoxy) is 1. The number of aromatic nitrogens is 2. The van der Waals surface area contributed by atoms with Crippen molar-refractivity contribution in [2.45, 2.75) is 44.6 Å². The lowest BCUT2D eigenvalue weighted by Crippen LogP contribution is -2.44. The highest BCUT2D eigenvalue weighted by Crippen LogP contribution is 2.30. The van der Waals surface area contributed by atoms with Crippen molar-refractivity contribution in [1.29, 1.82) is 0 Å². The Morgan fingerprint density at radius 2 is 2.00 bits per heavy atom. The number of amides is 1. The van der Waals surface area contributed by atoms with Gasteiger partial charge in [-0.2, -0.15) is 0 Å². The van der Waals surface area contributed by atoms with Gasteiger partial charge in [0.05, 0.1) is 18.5 Å². The van der Waals surface area contributed by atoms with Crippen molar-refractivity contribution in [2.75, 3.05) is 51.3 Å². The van der Waals surface area contributed by atoms with Gasteiger partial charge in [0, 0.05) is 56.5 Å². The van der Waals surface area contributed by atoms with Gasteiger partial charge in [0.2, 0.25) is 0 Å². The molecule has 1 amide bonds. The molecule has 8 nitrogen and oxygen atoms in total. The molecule has 2 aliphatic heterocycles. The van der Waals surface area contributed by atoms with E-state index < -0.39 is 0 Å². The van der Waals surface area contributed by atoms with Gasteiger partial charge in [-0.05, 0) is 50.4 Å². The molecule has 2 saturated heterocycles. The summed E-state index contributed by atoms with van der Waals surface area (Å²) in [6, 6.07) is 8.44. The van der Waals surface area contributed by atoms with Crippen LogP contribution in [-0.4, -0.2) is 73.3 Å². The second-order valence-electron chi connectivity index (χ2n) is 8.97. The molecule has 4 heterocycles. The van der Waals surface area contributed by atoms with Crippen molar-refractivity contribution in [3.05, 3.63) is 57.8 Å². The van der Waals surface area contributed by atoms with Gasteiger partial charge in [0.1, 0.15) is 5.69 Å². The van der Waals surface area contributed by atoms with Gasteiger partial charge in [0.25, 0.3) is 11.5 Å². The summed E-state index contributed by atoms with van der Waals surface area (Å²) in [5.74, 6) is 0.236. The molecule has 1 atom stereocenters. The number of nitrogens with one attached hydrogen (secondary N) is 2. The summed E-state index contributed by atoms with van der Waals surface area (Å²) in [6.07, 6.45) is 5.88. The fourth-order valence-corrected chi connectivity index (χ4v) is 4.96. The number of anilines is 1. The molecule has 8 heteroatoms. The number of aromatic amines is 1. The predicted molar refractivity (Wildman–Crippen MR) is 129 cm³/mol. The Morgan fingerprint density at radius 3 is 2.67 bits per heavy atom. The number of hydrogen-bond acceptors (Lipinski definition) is 6. The van der Waals surface area contributed by atoms with Crippen molar-refractivity contribution in [3.8, 4) is 0 Å². The van der Waals surface area contributed by atoms with Crippen LogP contribution in [-0.2, 0) is 11.2 Å². The molecule has 4 rings (SSSR count). The number of H-pyrrole nitrogens is 1. The number of nitrogens with zero attached hydrogens (tertiary/aromatic N) is 3. The summed E-state index contributed by atoms with van der Waals surface area (Å²) in [5, 5.41) is 2.79. The van der Waals surface area contributed by atoms with Crippen LogP contribution in [0.2, 0.25) is 0 Å². The SMILES string of the molecule is CCc1ccc(C2CCN(C3CCN(c4ccc(C(=O)NCCOC)nc4)CC3)C2)[nH]c1=O.